The van der Waals surface area contributed by atoms with Crippen LogP contribution < -0.4 is 5.43 Å². The number of likely N-dealkylation sites (N-methyl/N-ethyl adjacent to an activating group) is 1. The summed E-state index contributed by atoms with van der Waals surface area (Å²) >= 11 is 0. The molecule has 1 aromatic heterocycles. The van der Waals surface area contributed by atoms with Gasteiger partial charge in [0.25, 0.3) is 0 Å². The predicted octanol–water partition coefficient (Wildman–Crippen LogP) is 3.53. The molecule has 0 aliphatic carbocycles. The molecule has 3 rings (SSSR count). The fourth-order valence-electron chi connectivity index (χ4n) is 2.70. The second-order valence-corrected chi connectivity index (χ2v) is 5.79. The first-order valence-electron chi connectivity index (χ1n) is 7.26. The lowest BCUT2D eigenvalue weighted by atomic mass is 10.1. The van der Waals surface area contributed by atoms with Crippen LogP contribution in [-0.4, -0.2) is 29.6 Å². The minimum Gasteiger partial charge on any atom is -0.339 e. The van der Waals surface area contributed by atoms with Crippen molar-refractivity contribution in [2.24, 2.45) is 0 Å². The first-order valence-corrected chi connectivity index (χ1v) is 7.26. The van der Waals surface area contributed by atoms with E-state index < -0.39 is 0 Å². The number of benzene rings is 2. The van der Waals surface area contributed by atoms with Crippen LogP contribution in [0.4, 0.5) is 0 Å². The van der Waals surface area contributed by atoms with Crippen LogP contribution in [0.25, 0.3) is 21.8 Å². The summed E-state index contributed by atoms with van der Waals surface area (Å²) in [6, 6.07) is 16.1. The van der Waals surface area contributed by atoms with E-state index in [9.17, 15) is 4.79 Å². The van der Waals surface area contributed by atoms with E-state index in [0.717, 1.165) is 28.4 Å². The average molecular weight is 317 g/mol. The number of pyridine rings is 1. The van der Waals surface area contributed by atoms with Gasteiger partial charge in [0.05, 0.1) is 11.0 Å². The molecule has 116 valence electrons. The third kappa shape index (κ3) is 2.74. The average Bonchev–Trinajstić information content (AvgIpc) is 2.51. The van der Waals surface area contributed by atoms with E-state index in [-0.39, 0.29) is 17.8 Å². The number of para-hydroxylation sites is 2. The Bertz CT molecular complexity index is 794. The SMILES string of the molecule is CC(Cn1c2ccccc2c(=O)c2ccccc21)N(C)C.Cl. The quantitative estimate of drug-likeness (QED) is 0.691. The summed E-state index contributed by atoms with van der Waals surface area (Å²) in [6.45, 7) is 3.05. The fourth-order valence-corrected chi connectivity index (χ4v) is 2.70. The molecule has 1 atom stereocenters. The van der Waals surface area contributed by atoms with Crippen molar-refractivity contribution in [3.63, 3.8) is 0 Å². The topological polar surface area (TPSA) is 25.2 Å². The van der Waals surface area contributed by atoms with Crippen LogP contribution in [0.1, 0.15) is 6.92 Å². The fraction of sp³-hybridized carbons (Fsp3) is 0.278. The summed E-state index contributed by atoms with van der Waals surface area (Å²) in [5, 5.41) is 1.59. The highest BCUT2D eigenvalue weighted by Crippen LogP contribution is 2.20. The summed E-state index contributed by atoms with van der Waals surface area (Å²) < 4.78 is 2.26. The van der Waals surface area contributed by atoms with Gasteiger partial charge in [-0.25, -0.2) is 0 Å². The highest BCUT2D eigenvalue weighted by molar-refractivity contribution is 5.93. The molecule has 3 nitrogen and oxygen atoms in total. The molecule has 2 aromatic carbocycles. The third-order valence-corrected chi connectivity index (χ3v) is 4.21. The molecule has 0 spiro atoms. The Morgan fingerprint density at radius 3 is 1.86 bits per heavy atom. The number of rotatable bonds is 3. The Balaban J connectivity index is 0.00000176. The minimum atomic E-state index is 0. The van der Waals surface area contributed by atoms with Gasteiger partial charge in [0.2, 0.25) is 0 Å². The van der Waals surface area contributed by atoms with Gasteiger partial charge in [-0.05, 0) is 45.3 Å². The Morgan fingerprint density at radius 2 is 1.41 bits per heavy atom. The Hall–Kier alpha value is -1.84. The maximum Gasteiger partial charge on any atom is 0.197 e. The van der Waals surface area contributed by atoms with Crippen molar-refractivity contribution in [2.45, 2.75) is 19.5 Å². The van der Waals surface area contributed by atoms with Crippen LogP contribution in [-0.2, 0) is 6.54 Å². The van der Waals surface area contributed by atoms with Gasteiger partial charge in [0.1, 0.15) is 0 Å². The molecule has 0 amide bonds. The molecule has 4 heteroatoms. The lowest BCUT2D eigenvalue weighted by Crippen LogP contribution is -2.30. The Kier molecular flexibility index (Phi) is 4.89. The van der Waals surface area contributed by atoms with Gasteiger partial charge < -0.3 is 9.47 Å². The molecule has 22 heavy (non-hydrogen) atoms. The molecule has 0 radical (unpaired) electrons. The molecular formula is C18H21ClN2O. The van der Waals surface area contributed by atoms with Crippen molar-refractivity contribution in [1.29, 1.82) is 0 Å². The first-order chi connectivity index (χ1) is 10.1. The zero-order chi connectivity index (χ0) is 15.0. The standard InChI is InChI=1S/C18H20N2O.ClH/c1-13(19(2)3)12-20-16-10-6-4-8-14(16)18(21)15-9-5-7-11-17(15)20;/h4-11,13H,12H2,1-3H3;1H. The highest BCUT2D eigenvalue weighted by atomic mass is 35.5. The molecular weight excluding hydrogens is 296 g/mol. The molecule has 0 bridgehead atoms. The number of aromatic nitrogens is 1. The second-order valence-electron chi connectivity index (χ2n) is 5.79. The lowest BCUT2D eigenvalue weighted by Gasteiger charge is -2.23. The van der Waals surface area contributed by atoms with Crippen molar-refractivity contribution >= 4 is 34.2 Å². The predicted molar refractivity (Wildman–Crippen MR) is 96.1 cm³/mol. The maximum absolute atomic E-state index is 12.6. The molecule has 1 heterocycles. The Morgan fingerprint density at radius 1 is 0.955 bits per heavy atom. The van der Waals surface area contributed by atoms with Crippen LogP contribution in [0.3, 0.4) is 0 Å². The molecule has 0 N–H and O–H groups in total. The van der Waals surface area contributed by atoms with Crippen molar-refractivity contribution in [2.75, 3.05) is 14.1 Å². The van der Waals surface area contributed by atoms with Crippen LogP contribution in [0.15, 0.2) is 53.3 Å². The van der Waals surface area contributed by atoms with Gasteiger partial charge in [-0.15, -0.1) is 12.4 Å². The van der Waals surface area contributed by atoms with Gasteiger partial charge in [-0.1, -0.05) is 24.3 Å². The maximum atomic E-state index is 12.6. The zero-order valence-electron chi connectivity index (χ0n) is 13.1. The van der Waals surface area contributed by atoms with Crippen molar-refractivity contribution in [3.05, 3.63) is 58.8 Å². The number of halogens is 1. The molecule has 1 unspecified atom stereocenters. The van der Waals surface area contributed by atoms with Crippen molar-refractivity contribution in [1.82, 2.24) is 9.47 Å². The first kappa shape index (κ1) is 16.5. The van der Waals surface area contributed by atoms with E-state index >= 15 is 0 Å². The van der Waals surface area contributed by atoms with Crippen molar-refractivity contribution < 1.29 is 0 Å². The van der Waals surface area contributed by atoms with Gasteiger partial charge in [0.15, 0.2) is 5.43 Å². The van der Waals surface area contributed by atoms with E-state index in [1.165, 1.54) is 0 Å². The van der Waals surface area contributed by atoms with Crippen LogP contribution in [0, 0.1) is 0 Å². The van der Waals surface area contributed by atoms with Crippen LogP contribution in [0.2, 0.25) is 0 Å². The lowest BCUT2D eigenvalue weighted by molar-refractivity contribution is 0.288. The largest absolute Gasteiger partial charge is 0.339 e. The number of nitrogens with zero attached hydrogens (tertiary/aromatic N) is 2. The van der Waals surface area contributed by atoms with Crippen molar-refractivity contribution in [3.8, 4) is 0 Å². The highest BCUT2D eigenvalue weighted by Gasteiger charge is 2.13. The molecule has 3 aromatic rings. The van der Waals surface area contributed by atoms with Crippen LogP contribution >= 0.6 is 12.4 Å². The van der Waals surface area contributed by atoms with Gasteiger partial charge >= 0.3 is 0 Å². The molecule has 0 aliphatic rings. The van der Waals surface area contributed by atoms with Gasteiger partial charge in [-0.3, -0.25) is 4.79 Å². The normalized spacial score (nSPS) is 12.5. The number of hydrogen-bond donors (Lipinski definition) is 0. The third-order valence-electron chi connectivity index (χ3n) is 4.21. The summed E-state index contributed by atoms with van der Waals surface area (Å²) in [5.74, 6) is 0. The van der Waals surface area contributed by atoms with Gasteiger partial charge in [-0.2, -0.15) is 0 Å². The van der Waals surface area contributed by atoms with Gasteiger partial charge in [0, 0.05) is 23.4 Å². The summed E-state index contributed by atoms with van der Waals surface area (Å²) in [7, 11) is 4.16. The second kappa shape index (κ2) is 6.51. The minimum absolute atomic E-state index is 0. The molecule has 0 aliphatic heterocycles. The zero-order valence-corrected chi connectivity index (χ0v) is 13.9. The van der Waals surface area contributed by atoms with E-state index in [2.05, 4.69) is 30.5 Å². The van der Waals surface area contributed by atoms with E-state index in [1.54, 1.807) is 0 Å². The molecule has 0 saturated heterocycles. The molecule has 0 fully saturated rings. The van der Waals surface area contributed by atoms with Crippen LogP contribution in [0.5, 0.6) is 0 Å². The number of hydrogen-bond acceptors (Lipinski definition) is 2. The summed E-state index contributed by atoms with van der Waals surface area (Å²) in [4.78, 5) is 14.8. The summed E-state index contributed by atoms with van der Waals surface area (Å²) in [5.41, 5.74) is 2.14. The Labute approximate surface area is 136 Å². The van der Waals surface area contributed by atoms with E-state index in [0.29, 0.717) is 6.04 Å². The molecule has 0 saturated carbocycles. The smallest absolute Gasteiger partial charge is 0.197 e. The van der Waals surface area contributed by atoms with E-state index in [4.69, 9.17) is 0 Å². The summed E-state index contributed by atoms with van der Waals surface area (Å²) in [6.07, 6.45) is 0. The van der Waals surface area contributed by atoms with E-state index in [1.807, 2.05) is 48.5 Å². The number of fused-ring (bicyclic) bond motifs is 2. The monoisotopic (exact) mass is 316 g/mol.